The van der Waals surface area contributed by atoms with E-state index in [4.69, 9.17) is 14.3 Å². The topological polar surface area (TPSA) is 76.7 Å². The Morgan fingerprint density at radius 2 is 2.31 bits per heavy atom. The summed E-state index contributed by atoms with van der Waals surface area (Å²) in [6.07, 6.45) is 0.631. The Kier molecular flexibility index (Phi) is 4.70. The molecular formula is C10H14O5S. The number of methoxy groups -OCH3 is 1. The predicted molar refractivity (Wildman–Crippen MR) is 58.0 cm³/mol. The third kappa shape index (κ3) is 3.18. The summed E-state index contributed by atoms with van der Waals surface area (Å²) >= 11 is 0. The minimum absolute atomic E-state index is 0.132. The second-order valence-corrected chi connectivity index (χ2v) is 5.12. The third-order valence-electron chi connectivity index (χ3n) is 2.08. The van der Waals surface area contributed by atoms with E-state index in [0.717, 1.165) is 0 Å². The van der Waals surface area contributed by atoms with Crippen LogP contribution in [0.25, 0.3) is 0 Å². The van der Waals surface area contributed by atoms with E-state index < -0.39 is 16.8 Å². The summed E-state index contributed by atoms with van der Waals surface area (Å²) in [4.78, 5) is 10.6. The predicted octanol–water partition coefficient (Wildman–Crippen LogP) is 1.51. The molecule has 6 heteroatoms. The smallest absolute Gasteiger partial charge is 0.371 e. The average Bonchev–Trinajstić information content (AvgIpc) is 2.74. The normalized spacial score (nSPS) is 14.6. The standard InChI is InChI=1S/C10H14O5S/c1-7(5-6-14-2)16(13)9-4-3-8(15-9)10(11)12/h3-4,7H,5-6H2,1-2H3,(H,11,12). The fourth-order valence-corrected chi connectivity index (χ4v) is 2.21. The third-order valence-corrected chi connectivity index (χ3v) is 3.67. The molecule has 0 radical (unpaired) electrons. The number of ether oxygens (including phenoxy) is 1. The molecule has 16 heavy (non-hydrogen) atoms. The summed E-state index contributed by atoms with van der Waals surface area (Å²) in [7, 11) is 0.239. The molecule has 0 aliphatic rings. The summed E-state index contributed by atoms with van der Waals surface area (Å²) in [6, 6.07) is 2.74. The number of carboxylic acid groups (broad SMARTS) is 1. The van der Waals surface area contributed by atoms with Crippen LogP contribution < -0.4 is 0 Å². The van der Waals surface area contributed by atoms with Gasteiger partial charge in [-0.3, -0.25) is 4.21 Å². The van der Waals surface area contributed by atoms with Gasteiger partial charge in [0.25, 0.3) is 0 Å². The number of carbonyl (C=O) groups is 1. The van der Waals surface area contributed by atoms with Gasteiger partial charge in [0.05, 0.1) is 10.8 Å². The van der Waals surface area contributed by atoms with Gasteiger partial charge in [0.2, 0.25) is 5.76 Å². The van der Waals surface area contributed by atoms with Gasteiger partial charge in [-0.25, -0.2) is 4.79 Å². The average molecular weight is 246 g/mol. The summed E-state index contributed by atoms with van der Waals surface area (Å²) in [5.41, 5.74) is 0. The Morgan fingerprint density at radius 3 is 2.81 bits per heavy atom. The molecule has 0 saturated carbocycles. The fraction of sp³-hybridized carbons (Fsp3) is 0.500. The molecule has 90 valence electrons. The van der Waals surface area contributed by atoms with E-state index >= 15 is 0 Å². The molecule has 0 bridgehead atoms. The highest BCUT2D eigenvalue weighted by Gasteiger charge is 2.18. The van der Waals surface area contributed by atoms with Gasteiger partial charge >= 0.3 is 5.97 Å². The second kappa shape index (κ2) is 5.81. The first-order valence-electron chi connectivity index (χ1n) is 4.79. The van der Waals surface area contributed by atoms with Gasteiger partial charge in [-0.2, -0.15) is 0 Å². The first-order chi connectivity index (χ1) is 7.56. The van der Waals surface area contributed by atoms with Crippen molar-refractivity contribution in [3.63, 3.8) is 0 Å². The fourth-order valence-electron chi connectivity index (χ4n) is 1.13. The number of rotatable bonds is 6. The molecule has 1 heterocycles. The number of carboxylic acids is 1. The zero-order valence-electron chi connectivity index (χ0n) is 9.13. The van der Waals surface area contributed by atoms with Crippen LogP contribution in [0, 0.1) is 0 Å². The molecule has 1 N–H and O–H groups in total. The van der Waals surface area contributed by atoms with Crippen LogP contribution in [0.1, 0.15) is 23.9 Å². The summed E-state index contributed by atoms with van der Waals surface area (Å²) in [5.74, 6) is -1.35. The number of hydrogen-bond donors (Lipinski definition) is 1. The number of aromatic carboxylic acids is 1. The van der Waals surface area contributed by atoms with Gasteiger partial charge in [0.15, 0.2) is 5.09 Å². The maximum atomic E-state index is 11.9. The van der Waals surface area contributed by atoms with Crippen LogP contribution in [0.3, 0.4) is 0 Å². The van der Waals surface area contributed by atoms with Crippen LogP contribution in [0.2, 0.25) is 0 Å². The van der Waals surface area contributed by atoms with Crippen molar-refractivity contribution in [3.05, 3.63) is 17.9 Å². The lowest BCUT2D eigenvalue weighted by molar-refractivity contribution is 0.0656. The quantitative estimate of drug-likeness (QED) is 0.823. The maximum absolute atomic E-state index is 11.9. The molecule has 0 saturated heterocycles. The van der Waals surface area contributed by atoms with Crippen LogP contribution in [-0.2, 0) is 15.5 Å². The van der Waals surface area contributed by atoms with E-state index in [1.807, 2.05) is 0 Å². The van der Waals surface area contributed by atoms with Gasteiger partial charge < -0.3 is 14.3 Å². The van der Waals surface area contributed by atoms with Gasteiger partial charge in [-0.15, -0.1) is 0 Å². The van der Waals surface area contributed by atoms with Crippen LogP contribution in [0.4, 0.5) is 0 Å². The molecule has 0 spiro atoms. The van der Waals surface area contributed by atoms with Crippen molar-refractivity contribution >= 4 is 16.8 Å². The highest BCUT2D eigenvalue weighted by Crippen LogP contribution is 2.17. The number of furan rings is 1. The Balaban J connectivity index is 2.68. The lowest BCUT2D eigenvalue weighted by atomic mass is 10.3. The Morgan fingerprint density at radius 1 is 1.62 bits per heavy atom. The van der Waals surface area contributed by atoms with Gasteiger partial charge in [-0.05, 0) is 18.6 Å². The van der Waals surface area contributed by atoms with Crippen LogP contribution in [0.5, 0.6) is 0 Å². The van der Waals surface area contributed by atoms with E-state index in [2.05, 4.69) is 0 Å². The Labute approximate surface area is 95.9 Å². The van der Waals surface area contributed by atoms with Gasteiger partial charge in [-0.1, -0.05) is 6.92 Å². The molecule has 2 atom stereocenters. The zero-order chi connectivity index (χ0) is 12.1. The van der Waals surface area contributed by atoms with Crippen molar-refractivity contribution < 1.29 is 23.3 Å². The molecule has 0 aliphatic heterocycles. The maximum Gasteiger partial charge on any atom is 0.371 e. The molecule has 2 unspecified atom stereocenters. The van der Waals surface area contributed by atoms with Crippen LogP contribution in [0.15, 0.2) is 21.6 Å². The van der Waals surface area contributed by atoms with Crippen LogP contribution >= 0.6 is 0 Å². The molecule has 1 aromatic heterocycles. The molecule has 1 rings (SSSR count). The van der Waals surface area contributed by atoms with E-state index in [0.29, 0.717) is 13.0 Å². The second-order valence-electron chi connectivity index (χ2n) is 3.31. The van der Waals surface area contributed by atoms with Crippen molar-refractivity contribution in [3.8, 4) is 0 Å². The van der Waals surface area contributed by atoms with E-state index in [1.165, 1.54) is 12.1 Å². The van der Waals surface area contributed by atoms with E-state index in [-0.39, 0.29) is 16.1 Å². The van der Waals surface area contributed by atoms with E-state index in [1.54, 1.807) is 14.0 Å². The molecular weight excluding hydrogens is 232 g/mol. The highest BCUT2D eigenvalue weighted by atomic mass is 32.2. The highest BCUT2D eigenvalue weighted by molar-refractivity contribution is 7.85. The SMILES string of the molecule is COCCC(C)S(=O)c1ccc(C(=O)O)o1. The lowest BCUT2D eigenvalue weighted by Crippen LogP contribution is -2.13. The van der Waals surface area contributed by atoms with E-state index in [9.17, 15) is 9.00 Å². The molecule has 0 fully saturated rings. The monoisotopic (exact) mass is 246 g/mol. The minimum atomic E-state index is -1.34. The van der Waals surface area contributed by atoms with Gasteiger partial charge in [0, 0.05) is 19.0 Å². The molecule has 5 nitrogen and oxygen atoms in total. The minimum Gasteiger partial charge on any atom is -0.475 e. The Hall–Kier alpha value is -1.14. The summed E-state index contributed by atoms with van der Waals surface area (Å²) < 4.78 is 21.7. The van der Waals surface area contributed by atoms with Crippen molar-refractivity contribution in [1.29, 1.82) is 0 Å². The lowest BCUT2D eigenvalue weighted by Gasteiger charge is -2.07. The van der Waals surface area contributed by atoms with Crippen molar-refractivity contribution in [2.45, 2.75) is 23.7 Å². The zero-order valence-corrected chi connectivity index (χ0v) is 9.95. The Bertz CT molecular complexity index is 384. The van der Waals surface area contributed by atoms with Crippen LogP contribution in [-0.4, -0.2) is 34.3 Å². The first kappa shape index (κ1) is 12.9. The van der Waals surface area contributed by atoms with Crippen molar-refractivity contribution in [2.24, 2.45) is 0 Å². The molecule has 0 aromatic carbocycles. The first-order valence-corrected chi connectivity index (χ1v) is 6.00. The number of hydrogen-bond acceptors (Lipinski definition) is 4. The molecule has 0 amide bonds. The van der Waals surface area contributed by atoms with Crippen molar-refractivity contribution in [1.82, 2.24) is 0 Å². The summed E-state index contributed by atoms with van der Waals surface area (Å²) in [6.45, 7) is 2.32. The van der Waals surface area contributed by atoms with Gasteiger partial charge in [0.1, 0.15) is 0 Å². The van der Waals surface area contributed by atoms with Crippen molar-refractivity contribution in [2.75, 3.05) is 13.7 Å². The largest absolute Gasteiger partial charge is 0.475 e. The summed E-state index contributed by atoms with van der Waals surface area (Å²) in [5, 5.41) is 8.71. The molecule has 0 aliphatic carbocycles. The molecule has 1 aromatic rings.